The predicted molar refractivity (Wildman–Crippen MR) is 84.6 cm³/mol. The van der Waals surface area contributed by atoms with Gasteiger partial charge in [-0.2, -0.15) is 10.4 Å². The lowest BCUT2D eigenvalue weighted by Gasteiger charge is -2.29. The van der Waals surface area contributed by atoms with Gasteiger partial charge < -0.3 is 5.11 Å². The Morgan fingerprint density at radius 2 is 2.13 bits per heavy atom. The summed E-state index contributed by atoms with van der Waals surface area (Å²) in [6.45, 7) is 1.90. The van der Waals surface area contributed by atoms with E-state index in [0.717, 1.165) is 29.8 Å². The van der Waals surface area contributed by atoms with Crippen molar-refractivity contribution in [2.75, 3.05) is 13.1 Å². The number of aromatic nitrogens is 2. The number of β-amino-alcohol motifs (C(OH)–C–C–N with tert-alkyl or cyclic N) is 1. The average Bonchev–Trinajstić information content (AvgIpc) is 2.56. The fourth-order valence-electron chi connectivity index (χ4n) is 2.84. The van der Waals surface area contributed by atoms with Crippen LogP contribution in [0.5, 0.6) is 0 Å². The van der Waals surface area contributed by atoms with Crippen molar-refractivity contribution in [2.24, 2.45) is 7.05 Å². The van der Waals surface area contributed by atoms with Crippen molar-refractivity contribution in [1.29, 1.82) is 5.26 Å². The van der Waals surface area contributed by atoms with Crippen LogP contribution in [0.25, 0.3) is 0 Å². The molecule has 1 aromatic carbocycles. The van der Waals surface area contributed by atoms with E-state index in [1.807, 2.05) is 0 Å². The summed E-state index contributed by atoms with van der Waals surface area (Å²) in [5.41, 5.74) is 3.15. The van der Waals surface area contributed by atoms with E-state index in [1.165, 1.54) is 4.68 Å². The number of aryl methyl sites for hydroxylation is 1. The molecule has 0 amide bonds. The van der Waals surface area contributed by atoms with Crippen molar-refractivity contribution < 1.29 is 5.11 Å². The molecule has 3 rings (SSSR count). The highest BCUT2D eigenvalue weighted by Gasteiger charge is 2.21. The maximum atomic E-state index is 11.7. The molecule has 2 heterocycles. The van der Waals surface area contributed by atoms with Crippen LogP contribution >= 0.6 is 0 Å². The Morgan fingerprint density at radius 3 is 2.83 bits per heavy atom. The van der Waals surface area contributed by atoms with Gasteiger partial charge in [-0.05, 0) is 23.3 Å². The van der Waals surface area contributed by atoms with E-state index in [0.29, 0.717) is 18.7 Å². The molecular weight excluding hydrogens is 292 g/mol. The van der Waals surface area contributed by atoms with Gasteiger partial charge in [-0.3, -0.25) is 9.69 Å². The molecule has 1 aliphatic heterocycles. The topological polar surface area (TPSA) is 82.2 Å². The van der Waals surface area contributed by atoms with Gasteiger partial charge in [0.15, 0.2) is 0 Å². The monoisotopic (exact) mass is 310 g/mol. The van der Waals surface area contributed by atoms with Gasteiger partial charge in [0.25, 0.3) is 5.56 Å². The number of nitrogens with zero attached hydrogens (tertiary/aromatic N) is 4. The molecule has 0 saturated carbocycles. The molecule has 118 valence electrons. The molecule has 0 radical (unpaired) electrons. The highest BCUT2D eigenvalue weighted by atomic mass is 16.3. The third-order valence-electron chi connectivity index (χ3n) is 4.17. The normalized spacial score (nSPS) is 15.7. The second-order valence-electron chi connectivity index (χ2n) is 5.81. The van der Waals surface area contributed by atoms with Crippen molar-refractivity contribution in [1.82, 2.24) is 14.7 Å². The molecular formula is C17H18N4O2. The van der Waals surface area contributed by atoms with Gasteiger partial charge in [-0.15, -0.1) is 0 Å². The molecule has 1 N–H and O–H groups in total. The van der Waals surface area contributed by atoms with Crippen LogP contribution in [0.3, 0.4) is 0 Å². The summed E-state index contributed by atoms with van der Waals surface area (Å²) in [5.74, 6) is 0. The zero-order chi connectivity index (χ0) is 16.4. The lowest BCUT2D eigenvalue weighted by molar-refractivity contribution is 0.105. The van der Waals surface area contributed by atoms with Gasteiger partial charge in [0.1, 0.15) is 0 Å². The van der Waals surface area contributed by atoms with Gasteiger partial charge in [0.05, 0.1) is 23.4 Å². The van der Waals surface area contributed by atoms with Crippen LogP contribution in [-0.2, 0) is 20.0 Å². The summed E-state index contributed by atoms with van der Waals surface area (Å²) in [7, 11) is 1.66. The zero-order valence-electron chi connectivity index (χ0n) is 12.9. The van der Waals surface area contributed by atoms with Crippen LogP contribution in [0, 0.1) is 11.3 Å². The van der Waals surface area contributed by atoms with Crippen molar-refractivity contribution in [3.05, 3.63) is 63.1 Å². The summed E-state index contributed by atoms with van der Waals surface area (Å²) in [6, 6.07) is 10.7. The number of aliphatic hydroxyl groups excluding tert-OH is 1. The lowest BCUT2D eigenvalue weighted by atomic mass is 10.0. The van der Waals surface area contributed by atoms with E-state index in [9.17, 15) is 9.90 Å². The van der Waals surface area contributed by atoms with Crippen LogP contribution in [0.15, 0.2) is 35.1 Å². The molecule has 0 aliphatic carbocycles. The molecule has 0 fully saturated rings. The summed E-state index contributed by atoms with van der Waals surface area (Å²) in [4.78, 5) is 13.8. The van der Waals surface area contributed by atoms with E-state index in [2.05, 4.69) is 16.1 Å². The molecule has 1 atom stereocenters. The molecule has 0 saturated heterocycles. The van der Waals surface area contributed by atoms with Gasteiger partial charge in [-0.1, -0.05) is 12.1 Å². The maximum Gasteiger partial charge on any atom is 0.266 e. The minimum atomic E-state index is -0.621. The Balaban J connectivity index is 1.70. The van der Waals surface area contributed by atoms with Crippen LogP contribution < -0.4 is 5.56 Å². The molecule has 1 aliphatic rings. The Bertz CT molecular complexity index is 805. The van der Waals surface area contributed by atoms with E-state index < -0.39 is 6.10 Å². The summed E-state index contributed by atoms with van der Waals surface area (Å²) < 4.78 is 1.36. The third kappa shape index (κ3) is 3.31. The van der Waals surface area contributed by atoms with Crippen LogP contribution in [-0.4, -0.2) is 32.9 Å². The summed E-state index contributed by atoms with van der Waals surface area (Å²) in [6.07, 6.45) is 0.146. The fraction of sp³-hybridized carbons (Fsp3) is 0.353. The highest BCUT2D eigenvalue weighted by molar-refractivity contribution is 5.32. The number of hydrogen-bond acceptors (Lipinski definition) is 5. The molecule has 1 aromatic heterocycles. The Labute approximate surface area is 134 Å². The molecule has 6 heteroatoms. The summed E-state index contributed by atoms with van der Waals surface area (Å²) in [5, 5.41) is 23.5. The van der Waals surface area contributed by atoms with E-state index in [-0.39, 0.29) is 5.56 Å². The SMILES string of the molecule is Cn1nc2c(cc1=O)CN(CC(O)c1ccc(C#N)cc1)CC2. The maximum absolute atomic E-state index is 11.7. The molecule has 2 aromatic rings. The molecule has 0 spiro atoms. The van der Waals surface area contributed by atoms with Crippen molar-refractivity contribution in [3.63, 3.8) is 0 Å². The number of benzene rings is 1. The number of fused-ring (bicyclic) bond motifs is 1. The number of aliphatic hydroxyl groups is 1. The number of hydrogen-bond donors (Lipinski definition) is 1. The average molecular weight is 310 g/mol. The fourth-order valence-corrected chi connectivity index (χ4v) is 2.84. The van der Waals surface area contributed by atoms with Crippen LogP contribution in [0.2, 0.25) is 0 Å². The van der Waals surface area contributed by atoms with Crippen molar-refractivity contribution >= 4 is 0 Å². The first-order chi connectivity index (χ1) is 11.1. The Morgan fingerprint density at radius 1 is 1.39 bits per heavy atom. The number of rotatable bonds is 3. The van der Waals surface area contributed by atoms with E-state index in [1.54, 1.807) is 37.4 Å². The minimum absolute atomic E-state index is 0.113. The second kappa shape index (κ2) is 6.32. The number of nitriles is 1. The molecule has 6 nitrogen and oxygen atoms in total. The quantitative estimate of drug-likeness (QED) is 0.904. The Hall–Kier alpha value is -2.49. The van der Waals surface area contributed by atoms with Gasteiger partial charge >= 0.3 is 0 Å². The Kier molecular flexibility index (Phi) is 4.24. The van der Waals surface area contributed by atoms with E-state index in [4.69, 9.17) is 5.26 Å². The first-order valence-electron chi connectivity index (χ1n) is 7.53. The second-order valence-corrected chi connectivity index (χ2v) is 5.81. The zero-order valence-corrected chi connectivity index (χ0v) is 12.9. The smallest absolute Gasteiger partial charge is 0.266 e. The first kappa shape index (κ1) is 15.4. The highest BCUT2D eigenvalue weighted by Crippen LogP contribution is 2.20. The minimum Gasteiger partial charge on any atom is -0.387 e. The van der Waals surface area contributed by atoms with Crippen molar-refractivity contribution in [3.8, 4) is 6.07 Å². The first-order valence-corrected chi connectivity index (χ1v) is 7.53. The van der Waals surface area contributed by atoms with Crippen LogP contribution in [0.4, 0.5) is 0 Å². The van der Waals surface area contributed by atoms with Gasteiger partial charge in [0.2, 0.25) is 0 Å². The van der Waals surface area contributed by atoms with E-state index >= 15 is 0 Å². The largest absolute Gasteiger partial charge is 0.387 e. The van der Waals surface area contributed by atoms with Crippen LogP contribution in [0.1, 0.15) is 28.5 Å². The van der Waals surface area contributed by atoms with Gasteiger partial charge in [-0.25, -0.2) is 4.68 Å². The molecule has 23 heavy (non-hydrogen) atoms. The molecule has 0 bridgehead atoms. The molecule has 1 unspecified atom stereocenters. The third-order valence-corrected chi connectivity index (χ3v) is 4.17. The predicted octanol–water partition coefficient (Wildman–Crippen LogP) is 0.744. The lowest BCUT2D eigenvalue weighted by Crippen LogP contribution is -2.36. The van der Waals surface area contributed by atoms with Gasteiger partial charge in [0, 0.05) is 39.2 Å². The standard InChI is InChI=1S/C17H18N4O2/c1-20-17(23)8-14-10-21(7-6-15(14)19-20)11-16(22)13-4-2-12(9-18)3-5-13/h2-5,8,16,22H,6-7,10-11H2,1H3. The summed E-state index contributed by atoms with van der Waals surface area (Å²) >= 11 is 0. The van der Waals surface area contributed by atoms with Crippen molar-refractivity contribution in [2.45, 2.75) is 19.1 Å².